The summed E-state index contributed by atoms with van der Waals surface area (Å²) in [5, 5.41) is 1.48. The molecule has 5 aromatic rings. The van der Waals surface area contributed by atoms with E-state index in [-0.39, 0.29) is 11.5 Å². The van der Waals surface area contributed by atoms with Crippen LogP contribution in [0, 0.1) is 6.92 Å². The highest BCUT2D eigenvalue weighted by Gasteiger charge is 2.30. The molecule has 0 aliphatic heterocycles. The molecule has 2 heterocycles. The fourth-order valence-corrected chi connectivity index (χ4v) is 5.85. The minimum atomic E-state index is -0.735. The number of carbonyl (C=O) groups excluding carboxylic acids is 1. The van der Waals surface area contributed by atoms with Gasteiger partial charge in [-0.2, -0.15) is 0 Å². The Morgan fingerprint density at radius 2 is 1.74 bits per heavy atom. The monoisotopic (exact) mass is 557 g/mol. The van der Waals surface area contributed by atoms with Crippen molar-refractivity contribution >= 4 is 38.9 Å². The molecule has 3 aromatic carbocycles. The number of aromatic nitrogens is 3. The van der Waals surface area contributed by atoms with Crippen LogP contribution in [0.2, 0.25) is 5.02 Å². The van der Waals surface area contributed by atoms with E-state index in [0.717, 1.165) is 54.2 Å². The van der Waals surface area contributed by atoms with E-state index in [2.05, 4.69) is 9.97 Å². The molecule has 1 N–H and O–H groups in total. The van der Waals surface area contributed by atoms with Crippen molar-refractivity contribution in [1.82, 2.24) is 15.0 Å². The largest absolute Gasteiger partial charge is 0.360 e. The quantitative estimate of drug-likeness (QED) is 0.230. The number of rotatable bonds is 6. The Hall–Kier alpha value is -3.65. The Balaban J connectivity index is 1.73. The van der Waals surface area contributed by atoms with Gasteiger partial charge in [0.25, 0.3) is 0 Å². The van der Waals surface area contributed by atoms with Crippen molar-refractivity contribution in [2.24, 2.45) is 0 Å². The first kappa shape index (κ1) is 26.9. The molecule has 2 aromatic heterocycles. The standard InChI is InChI=1S/C31H28ClN3O3S/c1-17-13-24-28(39-29(35-24)21-8-6-7-20(14-21)22-15-33-30(37)34-16-22)26(19-9-11-23(32)12-10-19)25(17)27(18(2)36)38-31(3,4)5/h6-16,27H,1-5H3,(H,33,34,37)/t27-/m1/s1. The summed E-state index contributed by atoms with van der Waals surface area (Å²) in [4.78, 5) is 35.9. The highest BCUT2D eigenvalue weighted by molar-refractivity contribution is 7.22. The molecule has 0 saturated heterocycles. The van der Waals surface area contributed by atoms with E-state index in [0.29, 0.717) is 5.02 Å². The summed E-state index contributed by atoms with van der Waals surface area (Å²) < 4.78 is 7.31. The van der Waals surface area contributed by atoms with Crippen LogP contribution in [0.25, 0.3) is 43.0 Å². The van der Waals surface area contributed by atoms with E-state index in [1.807, 2.05) is 82.3 Å². The number of halogens is 1. The highest BCUT2D eigenvalue weighted by Crippen LogP contribution is 2.44. The number of aromatic amines is 1. The van der Waals surface area contributed by atoms with Crippen LogP contribution in [0.3, 0.4) is 0 Å². The highest BCUT2D eigenvalue weighted by atomic mass is 35.5. The van der Waals surface area contributed by atoms with Gasteiger partial charge in [0.15, 0.2) is 5.78 Å². The number of aryl methyl sites for hydroxylation is 1. The van der Waals surface area contributed by atoms with Crippen molar-refractivity contribution < 1.29 is 9.53 Å². The van der Waals surface area contributed by atoms with E-state index in [9.17, 15) is 9.59 Å². The number of nitrogens with one attached hydrogen (secondary N) is 1. The maximum Gasteiger partial charge on any atom is 0.344 e. The number of H-pyrrole nitrogens is 1. The van der Waals surface area contributed by atoms with Gasteiger partial charge in [-0.1, -0.05) is 41.9 Å². The SMILES string of the molecule is CC(=O)[C@@H](OC(C)(C)C)c1c(C)cc2nc(-c3cccc(-c4cnc(=O)[nH]c4)c3)sc2c1-c1ccc(Cl)cc1. The number of carbonyl (C=O) groups is 1. The van der Waals surface area contributed by atoms with Crippen LogP contribution in [0.4, 0.5) is 0 Å². The molecule has 0 bridgehead atoms. The Labute approximate surface area is 235 Å². The minimum absolute atomic E-state index is 0.0606. The van der Waals surface area contributed by atoms with Crippen LogP contribution in [-0.4, -0.2) is 26.3 Å². The molecule has 0 aliphatic carbocycles. The van der Waals surface area contributed by atoms with Crippen LogP contribution < -0.4 is 5.69 Å². The zero-order valence-electron chi connectivity index (χ0n) is 22.3. The zero-order chi connectivity index (χ0) is 27.9. The Kier molecular flexibility index (Phi) is 7.25. The first-order valence-electron chi connectivity index (χ1n) is 12.5. The van der Waals surface area contributed by atoms with Gasteiger partial charge in [0, 0.05) is 39.7 Å². The second-order valence-corrected chi connectivity index (χ2v) is 11.9. The topological polar surface area (TPSA) is 84.9 Å². The molecule has 0 amide bonds. The average Bonchev–Trinajstić information content (AvgIpc) is 3.31. The van der Waals surface area contributed by atoms with E-state index in [1.165, 1.54) is 0 Å². The van der Waals surface area contributed by atoms with Crippen molar-refractivity contribution in [3.05, 3.63) is 93.6 Å². The maximum atomic E-state index is 13.0. The summed E-state index contributed by atoms with van der Waals surface area (Å²) in [5.41, 5.74) is 6.24. The smallest absolute Gasteiger partial charge is 0.344 e. The number of hydrogen-bond acceptors (Lipinski definition) is 6. The number of ketones is 1. The summed E-state index contributed by atoms with van der Waals surface area (Å²) >= 11 is 7.80. The molecular formula is C31H28ClN3O3S. The number of nitrogens with zero attached hydrogens (tertiary/aromatic N) is 2. The molecule has 0 saturated carbocycles. The predicted octanol–water partition coefficient (Wildman–Crippen LogP) is 7.79. The van der Waals surface area contributed by atoms with Crippen LogP contribution in [0.5, 0.6) is 0 Å². The molecule has 8 heteroatoms. The van der Waals surface area contributed by atoms with Crippen molar-refractivity contribution in [1.29, 1.82) is 0 Å². The molecular weight excluding hydrogens is 530 g/mol. The number of benzene rings is 3. The molecule has 1 atom stereocenters. The lowest BCUT2D eigenvalue weighted by Crippen LogP contribution is -2.27. The Morgan fingerprint density at radius 3 is 2.38 bits per heavy atom. The second kappa shape index (κ2) is 10.5. The van der Waals surface area contributed by atoms with Crippen LogP contribution in [-0.2, 0) is 9.53 Å². The van der Waals surface area contributed by atoms with Crippen molar-refractivity contribution in [2.75, 3.05) is 0 Å². The third-order valence-corrected chi connectivity index (χ3v) is 7.67. The lowest BCUT2D eigenvalue weighted by atomic mass is 9.90. The zero-order valence-corrected chi connectivity index (χ0v) is 23.9. The Bertz CT molecular complexity index is 1730. The van der Waals surface area contributed by atoms with Crippen LogP contribution in [0.15, 0.2) is 71.8 Å². The van der Waals surface area contributed by atoms with Crippen LogP contribution >= 0.6 is 22.9 Å². The molecule has 0 radical (unpaired) electrons. The average molecular weight is 558 g/mol. The molecule has 6 nitrogen and oxygen atoms in total. The molecule has 5 rings (SSSR count). The molecule has 198 valence electrons. The molecule has 0 fully saturated rings. The number of Topliss-reactive ketones (excluding diaryl/α,β-unsaturated/α-hetero) is 1. The summed E-state index contributed by atoms with van der Waals surface area (Å²) in [5.74, 6) is -0.0606. The van der Waals surface area contributed by atoms with Crippen molar-refractivity contribution in [3.63, 3.8) is 0 Å². The summed E-state index contributed by atoms with van der Waals surface area (Å²) in [6.45, 7) is 9.43. The first-order valence-corrected chi connectivity index (χ1v) is 13.7. The Morgan fingerprint density at radius 1 is 1.03 bits per heavy atom. The van der Waals surface area contributed by atoms with Crippen LogP contribution in [0.1, 0.15) is 44.9 Å². The van der Waals surface area contributed by atoms with Crippen molar-refractivity contribution in [3.8, 4) is 32.8 Å². The van der Waals surface area contributed by atoms with Gasteiger partial charge in [-0.05, 0) is 75.6 Å². The van der Waals surface area contributed by atoms with E-state index < -0.39 is 11.7 Å². The van der Waals surface area contributed by atoms with Gasteiger partial charge >= 0.3 is 5.69 Å². The fraction of sp³-hybridized carbons (Fsp3) is 0.226. The minimum Gasteiger partial charge on any atom is -0.360 e. The van der Waals surface area contributed by atoms with Gasteiger partial charge in [0.2, 0.25) is 0 Å². The number of ether oxygens (including phenoxy) is 1. The summed E-state index contributed by atoms with van der Waals surface area (Å²) in [6.07, 6.45) is 2.47. The maximum absolute atomic E-state index is 13.0. The lowest BCUT2D eigenvalue weighted by molar-refractivity contribution is -0.138. The number of thiazole rings is 1. The molecule has 0 spiro atoms. The van der Waals surface area contributed by atoms with Gasteiger partial charge < -0.3 is 9.72 Å². The third kappa shape index (κ3) is 5.71. The van der Waals surface area contributed by atoms with Gasteiger partial charge in [-0.15, -0.1) is 11.3 Å². The molecule has 0 unspecified atom stereocenters. The van der Waals surface area contributed by atoms with Gasteiger partial charge in [0.1, 0.15) is 11.1 Å². The predicted molar refractivity (Wildman–Crippen MR) is 158 cm³/mol. The van der Waals surface area contributed by atoms with E-state index in [4.69, 9.17) is 21.3 Å². The second-order valence-electron chi connectivity index (χ2n) is 10.5. The first-order chi connectivity index (χ1) is 18.5. The van der Waals surface area contributed by atoms with Gasteiger partial charge in [0.05, 0.1) is 15.8 Å². The third-order valence-electron chi connectivity index (χ3n) is 6.28. The molecule has 0 aliphatic rings. The van der Waals surface area contributed by atoms with E-state index >= 15 is 0 Å². The lowest BCUT2D eigenvalue weighted by Gasteiger charge is -2.29. The van der Waals surface area contributed by atoms with Crippen molar-refractivity contribution in [2.45, 2.75) is 46.3 Å². The number of hydrogen-bond donors (Lipinski definition) is 1. The van der Waals surface area contributed by atoms with Gasteiger partial charge in [-0.25, -0.2) is 14.8 Å². The summed E-state index contributed by atoms with van der Waals surface area (Å²) in [7, 11) is 0. The van der Waals surface area contributed by atoms with Gasteiger partial charge in [-0.3, -0.25) is 4.79 Å². The number of fused-ring (bicyclic) bond motifs is 1. The molecule has 39 heavy (non-hydrogen) atoms. The fourth-order valence-electron chi connectivity index (χ4n) is 4.61. The van der Waals surface area contributed by atoms with E-state index in [1.54, 1.807) is 30.7 Å². The normalized spacial score (nSPS) is 12.6. The summed E-state index contributed by atoms with van der Waals surface area (Å²) in [6, 6.07) is 17.6.